The van der Waals surface area contributed by atoms with Crippen LogP contribution in [-0.2, 0) is 0 Å². The monoisotopic (exact) mass is 326 g/mol. The molecule has 2 rings (SSSR count). The second-order valence-electron chi connectivity index (χ2n) is 6.27. The highest BCUT2D eigenvalue weighted by Crippen LogP contribution is 2.28. The predicted octanol–water partition coefficient (Wildman–Crippen LogP) is 3.23. The quantitative estimate of drug-likeness (QED) is 0.856. The summed E-state index contributed by atoms with van der Waals surface area (Å²) in [5, 5.41) is 12.5. The topological polar surface area (TPSA) is 52.6 Å². The first kappa shape index (κ1) is 18.0. The average molecular weight is 326 g/mol. The minimum atomic E-state index is -0.546. The second kappa shape index (κ2) is 8.50. The van der Waals surface area contributed by atoms with Crippen molar-refractivity contribution in [2.24, 2.45) is 0 Å². The molecule has 4 nitrogen and oxygen atoms in total. The van der Waals surface area contributed by atoms with Gasteiger partial charge in [-0.1, -0.05) is 60.7 Å². The van der Waals surface area contributed by atoms with Gasteiger partial charge in [-0.25, -0.2) is 4.79 Å². The van der Waals surface area contributed by atoms with Crippen LogP contribution in [0, 0.1) is 0 Å². The van der Waals surface area contributed by atoms with Crippen molar-refractivity contribution < 1.29 is 9.90 Å². The zero-order valence-electron chi connectivity index (χ0n) is 14.5. The Morgan fingerprint density at radius 3 is 1.88 bits per heavy atom. The van der Waals surface area contributed by atoms with Crippen LogP contribution >= 0.6 is 0 Å². The van der Waals surface area contributed by atoms with Crippen LogP contribution in [0.1, 0.15) is 30.9 Å². The van der Waals surface area contributed by atoms with Crippen molar-refractivity contribution in [1.29, 1.82) is 0 Å². The number of nitrogens with zero attached hydrogens (tertiary/aromatic N) is 1. The minimum Gasteiger partial charge on any atom is -0.392 e. The first-order chi connectivity index (χ1) is 11.5. The summed E-state index contributed by atoms with van der Waals surface area (Å²) >= 11 is 0. The summed E-state index contributed by atoms with van der Waals surface area (Å²) in [7, 11) is 1.69. The van der Waals surface area contributed by atoms with E-state index in [9.17, 15) is 9.90 Å². The van der Waals surface area contributed by atoms with Gasteiger partial charge < -0.3 is 15.3 Å². The summed E-state index contributed by atoms with van der Waals surface area (Å²) in [4.78, 5) is 13.9. The molecule has 2 unspecified atom stereocenters. The molecule has 0 saturated heterocycles. The summed E-state index contributed by atoms with van der Waals surface area (Å²) in [6, 6.07) is 20.1. The number of hydrogen-bond donors (Lipinski definition) is 2. The Kier molecular flexibility index (Phi) is 6.38. The van der Waals surface area contributed by atoms with Gasteiger partial charge in [-0.2, -0.15) is 0 Å². The number of amides is 2. The standard InChI is InChI=1S/C20H26N2O2/c1-15(23)14-22(3)20(24)21-16(2)19(17-10-6-4-7-11-17)18-12-8-5-9-13-18/h4-13,15-16,19,23H,14H2,1-3H3,(H,21,24). The third kappa shape index (κ3) is 4.83. The Morgan fingerprint density at radius 2 is 1.46 bits per heavy atom. The lowest BCUT2D eigenvalue weighted by molar-refractivity contribution is 0.142. The number of nitrogens with one attached hydrogen (secondary N) is 1. The zero-order chi connectivity index (χ0) is 17.5. The van der Waals surface area contributed by atoms with Gasteiger partial charge in [-0.15, -0.1) is 0 Å². The van der Waals surface area contributed by atoms with Gasteiger partial charge in [0.15, 0.2) is 0 Å². The van der Waals surface area contributed by atoms with E-state index < -0.39 is 6.10 Å². The Balaban J connectivity index is 2.20. The van der Waals surface area contributed by atoms with Crippen LogP contribution < -0.4 is 5.32 Å². The van der Waals surface area contributed by atoms with E-state index in [4.69, 9.17) is 0 Å². The van der Waals surface area contributed by atoms with Crippen molar-refractivity contribution in [3.05, 3.63) is 71.8 Å². The van der Waals surface area contributed by atoms with E-state index in [-0.39, 0.29) is 18.0 Å². The molecule has 0 spiro atoms. The highest BCUT2D eigenvalue weighted by atomic mass is 16.3. The summed E-state index contributed by atoms with van der Waals surface area (Å²) in [6.45, 7) is 3.99. The molecular formula is C20H26N2O2. The van der Waals surface area contributed by atoms with E-state index in [2.05, 4.69) is 29.6 Å². The maximum Gasteiger partial charge on any atom is 0.317 e. The fourth-order valence-electron chi connectivity index (χ4n) is 2.96. The molecule has 0 fully saturated rings. The van der Waals surface area contributed by atoms with Gasteiger partial charge in [-0.05, 0) is 25.0 Å². The first-order valence-corrected chi connectivity index (χ1v) is 8.28. The average Bonchev–Trinajstić information content (AvgIpc) is 2.56. The lowest BCUT2D eigenvalue weighted by Crippen LogP contribution is -2.46. The molecule has 0 aliphatic heterocycles. The molecule has 128 valence electrons. The molecule has 0 radical (unpaired) electrons. The minimum absolute atomic E-state index is 0.0660. The number of urea groups is 1. The van der Waals surface area contributed by atoms with E-state index in [1.807, 2.05) is 43.3 Å². The second-order valence-corrected chi connectivity index (χ2v) is 6.27. The fraction of sp³-hybridized carbons (Fsp3) is 0.350. The number of carbonyl (C=O) groups is 1. The van der Waals surface area contributed by atoms with Crippen molar-refractivity contribution >= 4 is 6.03 Å². The van der Waals surface area contributed by atoms with Crippen LogP contribution in [0.15, 0.2) is 60.7 Å². The van der Waals surface area contributed by atoms with Gasteiger partial charge in [-0.3, -0.25) is 0 Å². The van der Waals surface area contributed by atoms with Gasteiger partial charge >= 0.3 is 6.03 Å². The van der Waals surface area contributed by atoms with Crippen LogP contribution in [0.3, 0.4) is 0 Å². The molecule has 2 amide bonds. The van der Waals surface area contributed by atoms with E-state index in [0.717, 1.165) is 11.1 Å². The van der Waals surface area contributed by atoms with Crippen molar-refractivity contribution in [3.63, 3.8) is 0 Å². The van der Waals surface area contributed by atoms with Crippen LogP contribution in [0.2, 0.25) is 0 Å². The number of aliphatic hydroxyl groups is 1. The number of likely N-dealkylation sites (N-methyl/N-ethyl adjacent to an activating group) is 1. The van der Waals surface area contributed by atoms with Crippen LogP contribution in [0.4, 0.5) is 4.79 Å². The normalized spacial score (nSPS) is 13.4. The first-order valence-electron chi connectivity index (χ1n) is 8.28. The molecule has 0 aliphatic carbocycles. The molecule has 2 aromatic rings. The van der Waals surface area contributed by atoms with Gasteiger partial charge in [0.25, 0.3) is 0 Å². The van der Waals surface area contributed by atoms with E-state index in [1.165, 1.54) is 4.90 Å². The van der Waals surface area contributed by atoms with Crippen LogP contribution in [0.5, 0.6) is 0 Å². The zero-order valence-corrected chi connectivity index (χ0v) is 14.5. The molecule has 0 aliphatic rings. The van der Waals surface area contributed by atoms with E-state index in [0.29, 0.717) is 6.54 Å². The molecule has 0 saturated carbocycles. The molecule has 0 aromatic heterocycles. The van der Waals surface area contributed by atoms with Crippen molar-refractivity contribution in [3.8, 4) is 0 Å². The number of benzene rings is 2. The number of carbonyl (C=O) groups excluding carboxylic acids is 1. The molecule has 2 aromatic carbocycles. The molecule has 24 heavy (non-hydrogen) atoms. The van der Waals surface area contributed by atoms with Gasteiger partial charge in [0, 0.05) is 25.6 Å². The summed E-state index contributed by atoms with van der Waals surface area (Å²) in [6.07, 6.45) is -0.546. The smallest absolute Gasteiger partial charge is 0.317 e. The Labute approximate surface area is 144 Å². The number of aliphatic hydroxyl groups excluding tert-OH is 1. The number of rotatable bonds is 6. The van der Waals surface area contributed by atoms with Crippen molar-refractivity contribution in [1.82, 2.24) is 10.2 Å². The van der Waals surface area contributed by atoms with Crippen molar-refractivity contribution in [2.75, 3.05) is 13.6 Å². The maximum atomic E-state index is 12.4. The summed E-state index contributed by atoms with van der Waals surface area (Å²) < 4.78 is 0. The van der Waals surface area contributed by atoms with E-state index in [1.54, 1.807) is 14.0 Å². The lowest BCUT2D eigenvalue weighted by atomic mass is 9.86. The molecule has 2 atom stereocenters. The maximum absolute atomic E-state index is 12.4. The van der Waals surface area contributed by atoms with Gasteiger partial charge in [0.05, 0.1) is 6.10 Å². The third-order valence-corrected chi connectivity index (χ3v) is 4.05. The lowest BCUT2D eigenvalue weighted by Gasteiger charge is -2.28. The predicted molar refractivity (Wildman–Crippen MR) is 97.0 cm³/mol. The Morgan fingerprint density at radius 1 is 1.00 bits per heavy atom. The van der Waals surface area contributed by atoms with Gasteiger partial charge in [0.2, 0.25) is 0 Å². The Hall–Kier alpha value is -2.33. The van der Waals surface area contributed by atoms with Gasteiger partial charge in [0.1, 0.15) is 0 Å². The summed E-state index contributed by atoms with van der Waals surface area (Å²) in [5.41, 5.74) is 2.32. The largest absolute Gasteiger partial charge is 0.392 e. The summed E-state index contributed by atoms with van der Waals surface area (Å²) in [5.74, 6) is 0.0660. The Bertz CT molecular complexity index is 589. The highest BCUT2D eigenvalue weighted by Gasteiger charge is 2.24. The van der Waals surface area contributed by atoms with Crippen molar-refractivity contribution in [2.45, 2.75) is 31.9 Å². The van der Waals surface area contributed by atoms with Crippen LogP contribution in [-0.4, -0.2) is 41.8 Å². The fourth-order valence-corrected chi connectivity index (χ4v) is 2.96. The molecule has 0 heterocycles. The highest BCUT2D eigenvalue weighted by molar-refractivity contribution is 5.74. The molecular weight excluding hydrogens is 300 g/mol. The number of hydrogen-bond acceptors (Lipinski definition) is 2. The molecule has 0 bridgehead atoms. The van der Waals surface area contributed by atoms with Crippen LogP contribution in [0.25, 0.3) is 0 Å². The third-order valence-electron chi connectivity index (χ3n) is 4.05. The molecule has 2 N–H and O–H groups in total. The SMILES string of the molecule is CC(O)CN(C)C(=O)NC(C)C(c1ccccc1)c1ccccc1. The molecule has 4 heteroatoms. The van der Waals surface area contributed by atoms with E-state index >= 15 is 0 Å².